The van der Waals surface area contributed by atoms with Crippen molar-refractivity contribution in [2.45, 2.75) is 36.8 Å². The lowest BCUT2D eigenvalue weighted by Gasteiger charge is -2.12. The number of nitrogens with zero attached hydrogens (tertiary/aromatic N) is 1. The van der Waals surface area contributed by atoms with Crippen LogP contribution in [-0.4, -0.2) is 10.1 Å². The van der Waals surface area contributed by atoms with Gasteiger partial charge in [-0.05, 0) is 50.1 Å². The number of aliphatic hydroxyl groups excluding tert-OH is 1. The smallest absolute Gasteiger partial charge is 0.137 e. The highest BCUT2D eigenvalue weighted by Gasteiger charge is 2.14. The SMILES string of the molecule is Cc1cc(C)nc(Sc2c(F)cccc2C(C)O)c1. The summed E-state index contributed by atoms with van der Waals surface area (Å²) in [5.74, 6) is -0.329. The zero-order valence-electron chi connectivity index (χ0n) is 11.1. The highest BCUT2D eigenvalue weighted by molar-refractivity contribution is 7.99. The third-order valence-corrected chi connectivity index (χ3v) is 3.78. The molecule has 0 amide bonds. The predicted octanol–water partition coefficient (Wildman–Crippen LogP) is 4.04. The van der Waals surface area contributed by atoms with Crippen LogP contribution in [0.2, 0.25) is 0 Å². The van der Waals surface area contributed by atoms with E-state index in [9.17, 15) is 9.50 Å². The van der Waals surface area contributed by atoms with Crippen molar-refractivity contribution in [3.63, 3.8) is 0 Å². The summed E-state index contributed by atoms with van der Waals surface area (Å²) in [7, 11) is 0. The Morgan fingerprint density at radius 3 is 2.63 bits per heavy atom. The Morgan fingerprint density at radius 1 is 1.26 bits per heavy atom. The van der Waals surface area contributed by atoms with Gasteiger partial charge in [-0.15, -0.1) is 0 Å². The van der Waals surface area contributed by atoms with E-state index in [0.717, 1.165) is 16.3 Å². The Labute approximate surface area is 116 Å². The summed E-state index contributed by atoms with van der Waals surface area (Å²) >= 11 is 1.25. The lowest BCUT2D eigenvalue weighted by atomic mass is 10.1. The van der Waals surface area contributed by atoms with Crippen molar-refractivity contribution in [1.29, 1.82) is 0 Å². The molecule has 1 aromatic heterocycles. The van der Waals surface area contributed by atoms with Gasteiger partial charge in [0.2, 0.25) is 0 Å². The van der Waals surface area contributed by atoms with Crippen molar-refractivity contribution in [2.75, 3.05) is 0 Å². The topological polar surface area (TPSA) is 33.1 Å². The summed E-state index contributed by atoms with van der Waals surface area (Å²) in [6, 6.07) is 8.63. The standard InChI is InChI=1S/C15H16FNOS/c1-9-7-10(2)17-14(8-9)19-15-12(11(3)18)5-4-6-13(15)16/h4-8,11,18H,1-3H3. The Balaban J connectivity index is 2.42. The number of aromatic nitrogens is 1. The van der Waals surface area contributed by atoms with Crippen LogP contribution in [-0.2, 0) is 0 Å². The number of halogens is 1. The number of hydrogen-bond donors (Lipinski definition) is 1. The molecule has 0 bridgehead atoms. The summed E-state index contributed by atoms with van der Waals surface area (Å²) in [6.07, 6.45) is -0.705. The molecule has 19 heavy (non-hydrogen) atoms. The van der Waals surface area contributed by atoms with Crippen molar-refractivity contribution in [3.05, 3.63) is 53.0 Å². The molecule has 1 atom stereocenters. The van der Waals surface area contributed by atoms with Crippen LogP contribution in [0.15, 0.2) is 40.3 Å². The minimum absolute atomic E-state index is 0.329. The minimum atomic E-state index is -0.705. The van der Waals surface area contributed by atoms with Crippen LogP contribution < -0.4 is 0 Å². The first-order valence-corrected chi connectivity index (χ1v) is 6.88. The predicted molar refractivity (Wildman–Crippen MR) is 74.9 cm³/mol. The van der Waals surface area contributed by atoms with Crippen LogP contribution in [0.3, 0.4) is 0 Å². The van der Waals surface area contributed by atoms with Gasteiger partial charge < -0.3 is 5.11 Å². The normalized spacial score (nSPS) is 12.5. The quantitative estimate of drug-likeness (QED) is 0.919. The van der Waals surface area contributed by atoms with Gasteiger partial charge in [-0.1, -0.05) is 23.9 Å². The average molecular weight is 277 g/mol. The highest BCUT2D eigenvalue weighted by Crippen LogP contribution is 2.34. The van der Waals surface area contributed by atoms with E-state index in [1.165, 1.54) is 17.8 Å². The second-order valence-corrected chi connectivity index (χ2v) is 5.59. The maximum absolute atomic E-state index is 13.9. The lowest BCUT2D eigenvalue weighted by molar-refractivity contribution is 0.195. The molecule has 0 saturated heterocycles. The van der Waals surface area contributed by atoms with E-state index in [2.05, 4.69) is 4.98 Å². The molecule has 1 unspecified atom stereocenters. The fraction of sp³-hybridized carbons (Fsp3) is 0.267. The van der Waals surface area contributed by atoms with Crippen LogP contribution in [0.1, 0.15) is 29.8 Å². The van der Waals surface area contributed by atoms with Crippen LogP contribution in [0.25, 0.3) is 0 Å². The van der Waals surface area contributed by atoms with Gasteiger partial charge in [0.05, 0.1) is 11.0 Å². The minimum Gasteiger partial charge on any atom is -0.389 e. The summed E-state index contributed by atoms with van der Waals surface area (Å²) in [4.78, 5) is 4.83. The van der Waals surface area contributed by atoms with Gasteiger partial charge in [0.25, 0.3) is 0 Å². The zero-order valence-corrected chi connectivity index (χ0v) is 12.0. The van der Waals surface area contributed by atoms with E-state index in [4.69, 9.17) is 0 Å². The monoisotopic (exact) mass is 277 g/mol. The largest absolute Gasteiger partial charge is 0.389 e. The molecule has 4 heteroatoms. The maximum Gasteiger partial charge on any atom is 0.137 e. The van der Waals surface area contributed by atoms with Crippen LogP contribution >= 0.6 is 11.8 Å². The van der Waals surface area contributed by atoms with E-state index >= 15 is 0 Å². The zero-order chi connectivity index (χ0) is 14.0. The molecule has 0 saturated carbocycles. The van der Waals surface area contributed by atoms with Gasteiger partial charge in [0.15, 0.2) is 0 Å². The number of aryl methyl sites for hydroxylation is 2. The third-order valence-electron chi connectivity index (χ3n) is 2.73. The fourth-order valence-electron chi connectivity index (χ4n) is 1.92. The molecule has 0 fully saturated rings. The van der Waals surface area contributed by atoms with E-state index in [1.807, 2.05) is 26.0 Å². The maximum atomic E-state index is 13.9. The summed E-state index contributed by atoms with van der Waals surface area (Å²) in [5.41, 5.74) is 2.58. The van der Waals surface area contributed by atoms with Crippen molar-refractivity contribution in [2.24, 2.45) is 0 Å². The first kappa shape index (κ1) is 14.0. The average Bonchev–Trinajstić information content (AvgIpc) is 2.30. The van der Waals surface area contributed by atoms with Crippen LogP contribution in [0.4, 0.5) is 4.39 Å². The van der Waals surface area contributed by atoms with Gasteiger partial charge >= 0.3 is 0 Å². The van der Waals surface area contributed by atoms with Gasteiger partial charge in [-0.2, -0.15) is 0 Å². The van der Waals surface area contributed by atoms with E-state index < -0.39 is 6.10 Å². The Hall–Kier alpha value is -1.39. The molecule has 0 radical (unpaired) electrons. The van der Waals surface area contributed by atoms with Gasteiger partial charge in [-0.25, -0.2) is 9.37 Å². The highest BCUT2D eigenvalue weighted by atomic mass is 32.2. The number of aliphatic hydroxyl groups is 1. The number of rotatable bonds is 3. The fourth-order valence-corrected chi connectivity index (χ4v) is 3.09. The van der Waals surface area contributed by atoms with Crippen LogP contribution in [0, 0.1) is 19.7 Å². The second-order valence-electron chi connectivity index (χ2n) is 4.56. The van der Waals surface area contributed by atoms with Crippen molar-refractivity contribution in [1.82, 2.24) is 4.98 Å². The van der Waals surface area contributed by atoms with Crippen molar-refractivity contribution >= 4 is 11.8 Å². The van der Waals surface area contributed by atoms with E-state index in [1.54, 1.807) is 19.1 Å². The molecule has 2 aromatic rings. The molecule has 1 N–H and O–H groups in total. The van der Waals surface area contributed by atoms with Gasteiger partial charge in [-0.3, -0.25) is 0 Å². The lowest BCUT2D eigenvalue weighted by Crippen LogP contribution is -1.97. The third kappa shape index (κ3) is 3.33. The molecule has 0 aliphatic rings. The molecular formula is C15H16FNOS. The van der Waals surface area contributed by atoms with Gasteiger partial charge in [0, 0.05) is 5.69 Å². The first-order chi connectivity index (χ1) is 8.97. The summed E-state index contributed by atoms with van der Waals surface area (Å²) in [6.45, 7) is 5.53. The molecule has 100 valence electrons. The summed E-state index contributed by atoms with van der Waals surface area (Å²) < 4.78 is 13.9. The molecule has 0 aliphatic carbocycles. The molecule has 2 rings (SSSR count). The molecule has 1 heterocycles. The number of hydrogen-bond acceptors (Lipinski definition) is 3. The van der Waals surface area contributed by atoms with E-state index in [0.29, 0.717) is 10.5 Å². The van der Waals surface area contributed by atoms with E-state index in [-0.39, 0.29) is 5.82 Å². The molecular weight excluding hydrogens is 261 g/mol. The molecule has 0 spiro atoms. The molecule has 0 aliphatic heterocycles. The Bertz CT molecular complexity index is 578. The van der Waals surface area contributed by atoms with Gasteiger partial charge in [0.1, 0.15) is 10.8 Å². The van der Waals surface area contributed by atoms with Crippen molar-refractivity contribution in [3.8, 4) is 0 Å². The van der Waals surface area contributed by atoms with Crippen LogP contribution in [0.5, 0.6) is 0 Å². The second kappa shape index (κ2) is 5.72. The Kier molecular flexibility index (Phi) is 4.22. The summed E-state index contributed by atoms with van der Waals surface area (Å²) in [5, 5.41) is 10.5. The molecule has 2 nitrogen and oxygen atoms in total. The molecule has 1 aromatic carbocycles. The Morgan fingerprint density at radius 2 is 2.00 bits per heavy atom. The number of pyridine rings is 1. The van der Waals surface area contributed by atoms with Crippen molar-refractivity contribution < 1.29 is 9.50 Å². The number of benzene rings is 1. The first-order valence-electron chi connectivity index (χ1n) is 6.07.